The number of ether oxygens (including phenoxy) is 2. The molecular weight excluding hydrogens is 284 g/mol. The second kappa shape index (κ2) is 6.46. The molecule has 1 aliphatic heterocycles. The summed E-state index contributed by atoms with van der Waals surface area (Å²) in [6.45, 7) is 8.63. The maximum atomic E-state index is 11.6. The first-order valence-corrected chi connectivity index (χ1v) is 7.56. The summed E-state index contributed by atoms with van der Waals surface area (Å²) in [7, 11) is 0. The van der Waals surface area contributed by atoms with Crippen LogP contribution in [0.4, 0.5) is 0 Å². The minimum absolute atomic E-state index is 0.0252. The predicted molar refractivity (Wildman–Crippen MR) is 79.8 cm³/mol. The molecule has 4 atom stereocenters. The first-order chi connectivity index (χ1) is 10.3. The van der Waals surface area contributed by atoms with Crippen LogP contribution in [0.1, 0.15) is 40.0 Å². The fourth-order valence-electron chi connectivity index (χ4n) is 3.26. The molecule has 5 nitrogen and oxygen atoms in total. The van der Waals surface area contributed by atoms with Crippen LogP contribution in [0.15, 0.2) is 23.8 Å². The third-order valence-electron chi connectivity index (χ3n) is 4.33. The predicted octanol–water partition coefficient (Wildman–Crippen LogP) is 2.35. The largest absolute Gasteiger partial charge is 0.458 e. The highest BCUT2D eigenvalue weighted by molar-refractivity contribution is 5.90. The van der Waals surface area contributed by atoms with Crippen LogP contribution in [0, 0.1) is 11.8 Å². The Kier molecular flexibility index (Phi) is 4.84. The Bertz CT molecular complexity index is 529. The number of carbonyl (C=O) groups is 3. The van der Waals surface area contributed by atoms with E-state index in [1.807, 2.05) is 13.0 Å². The molecule has 0 saturated carbocycles. The van der Waals surface area contributed by atoms with E-state index in [9.17, 15) is 14.4 Å². The summed E-state index contributed by atoms with van der Waals surface area (Å²) in [5.41, 5.74) is 1.44. The number of ketones is 1. The second-order valence-corrected chi connectivity index (χ2v) is 6.16. The van der Waals surface area contributed by atoms with Gasteiger partial charge in [-0.2, -0.15) is 0 Å². The van der Waals surface area contributed by atoms with E-state index >= 15 is 0 Å². The van der Waals surface area contributed by atoms with Gasteiger partial charge in [-0.1, -0.05) is 19.6 Å². The maximum Gasteiger partial charge on any atom is 0.334 e. The molecular formula is C17H22O5. The van der Waals surface area contributed by atoms with E-state index < -0.39 is 12.1 Å². The molecule has 0 aromatic carbocycles. The fraction of sp³-hybridized carbons (Fsp3) is 0.588. The Hall–Kier alpha value is -1.91. The summed E-state index contributed by atoms with van der Waals surface area (Å²) >= 11 is 0. The second-order valence-electron chi connectivity index (χ2n) is 6.16. The number of Topliss-reactive ketones (excluding diaryl/α,β-unsaturated/α-hetero) is 1. The number of hydrogen-bond acceptors (Lipinski definition) is 5. The van der Waals surface area contributed by atoms with Crippen molar-refractivity contribution < 1.29 is 23.9 Å². The standard InChI is InChI=1S/C17H22O5/c1-9-7-15-14(11(3)17(20)22-15)6-5-13(9)16(8-10(2)18)21-12(4)19/h5,9,14-16H,3,6-8H2,1-2,4H3/t9-,14+,15+,16-/m0/s1. The van der Waals surface area contributed by atoms with Gasteiger partial charge in [0.05, 0.1) is 0 Å². The van der Waals surface area contributed by atoms with Gasteiger partial charge in [-0.15, -0.1) is 0 Å². The molecule has 2 aliphatic rings. The van der Waals surface area contributed by atoms with Crippen LogP contribution in [-0.4, -0.2) is 29.9 Å². The van der Waals surface area contributed by atoms with E-state index in [-0.39, 0.29) is 36.1 Å². The van der Waals surface area contributed by atoms with Crippen LogP contribution in [0.5, 0.6) is 0 Å². The molecule has 22 heavy (non-hydrogen) atoms. The smallest absolute Gasteiger partial charge is 0.334 e. The van der Waals surface area contributed by atoms with Gasteiger partial charge >= 0.3 is 11.9 Å². The molecule has 0 amide bonds. The monoisotopic (exact) mass is 306 g/mol. The average molecular weight is 306 g/mol. The number of rotatable bonds is 4. The van der Waals surface area contributed by atoms with Crippen LogP contribution in [-0.2, 0) is 23.9 Å². The van der Waals surface area contributed by atoms with Gasteiger partial charge in [0.15, 0.2) is 0 Å². The molecule has 0 spiro atoms. The average Bonchev–Trinajstić information content (AvgIpc) is 2.56. The number of fused-ring (bicyclic) bond motifs is 1. The zero-order chi connectivity index (χ0) is 16.4. The van der Waals surface area contributed by atoms with Crippen molar-refractivity contribution in [2.24, 2.45) is 11.8 Å². The van der Waals surface area contributed by atoms with E-state index in [1.54, 1.807) is 0 Å². The van der Waals surface area contributed by atoms with Crippen LogP contribution in [0.2, 0.25) is 0 Å². The Morgan fingerprint density at radius 2 is 2.14 bits per heavy atom. The molecule has 2 rings (SSSR count). The van der Waals surface area contributed by atoms with Crippen molar-refractivity contribution in [1.82, 2.24) is 0 Å². The molecule has 0 aromatic rings. The molecule has 5 heteroatoms. The highest BCUT2D eigenvalue weighted by Crippen LogP contribution is 2.39. The summed E-state index contributed by atoms with van der Waals surface area (Å²) in [5, 5.41) is 0. The lowest BCUT2D eigenvalue weighted by Crippen LogP contribution is -2.26. The lowest BCUT2D eigenvalue weighted by atomic mass is 9.89. The molecule has 0 aromatic heterocycles. The molecule has 0 radical (unpaired) electrons. The Morgan fingerprint density at radius 3 is 2.73 bits per heavy atom. The van der Waals surface area contributed by atoms with Crippen molar-refractivity contribution in [2.45, 2.75) is 52.2 Å². The third-order valence-corrected chi connectivity index (χ3v) is 4.33. The first-order valence-electron chi connectivity index (χ1n) is 7.56. The number of hydrogen-bond donors (Lipinski definition) is 0. The summed E-state index contributed by atoms with van der Waals surface area (Å²) in [5.74, 6) is -0.710. The Balaban J connectivity index is 2.23. The molecule has 0 bridgehead atoms. The van der Waals surface area contributed by atoms with Crippen molar-refractivity contribution in [3.63, 3.8) is 0 Å². The summed E-state index contributed by atoms with van der Waals surface area (Å²) < 4.78 is 10.7. The Labute approximate surface area is 130 Å². The molecule has 1 saturated heterocycles. The topological polar surface area (TPSA) is 69.7 Å². The Morgan fingerprint density at radius 1 is 1.45 bits per heavy atom. The van der Waals surface area contributed by atoms with Gasteiger partial charge < -0.3 is 9.47 Å². The van der Waals surface area contributed by atoms with E-state index in [0.29, 0.717) is 18.4 Å². The van der Waals surface area contributed by atoms with E-state index in [2.05, 4.69) is 6.58 Å². The maximum absolute atomic E-state index is 11.6. The third kappa shape index (κ3) is 3.46. The van der Waals surface area contributed by atoms with E-state index in [0.717, 1.165) is 5.57 Å². The molecule has 0 unspecified atom stereocenters. The quantitative estimate of drug-likeness (QED) is 0.453. The van der Waals surface area contributed by atoms with Crippen LogP contribution >= 0.6 is 0 Å². The van der Waals surface area contributed by atoms with Crippen molar-refractivity contribution in [3.05, 3.63) is 23.8 Å². The minimum atomic E-state index is -0.534. The van der Waals surface area contributed by atoms with Crippen molar-refractivity contribution in [1.29, 1.82) is 0 Å². The zero-order valence-electron chi connectivity index (χ0n) is 13.3. The number of allylic oxidation sites excluding steroid dienone is 1. The molecule has 0 N–H and O–H groups in total. The van der Waals surface area contributed by atoms with Gasteiger partial charge in [0.25, 0.3) is 0 Å². The van der Waals surface area contributed by atoms with Crippen molar-refractivity contribution in [3.8, 4) is 0 Å². The van der Waals surface area contributed by atoms with E-state index in [1.165, 1.54) is 13.8 Å². The fourth-order valence-corrected chi connectivity index (χ4v) is 3.26. The molecule has 1 heterocycles. The molecule has 1 fully saturated rings. The van der Waals surface area contributed by atoms with Crippen molar-refractivity contribution >= 4 is 17.7 Å². The van der Waals surface area contributed by atoms with Gasteiger partial charge in [-0.3, -0.25) is 9.59 Å². The van der Waals surface area contributed by atoms with Gasteiger partial charge in [0.1, 0.15) is 18.0 Å². The highest BCUT2D eigenvalue weighted by atomic mass is 16.6. The molecule has 1 aliphatic carbocycles. The lowest BCUT2D eigenvalue weighted by molar-refractivity contribution is -0.145. The van der Waals surface area contributed by atoms with Gasteiger partial charge in [0, 0.05) is 24.8 Å². The number of carbonyl (C=O) groups excluding carboxylic acids is 3. The summed E-state index contributed by atoms with van der Waals surface area (Å²) in [4.78, 5) is 34.4. The van der Waals surface area contributed by atoms with Crippen molar-refractivity contribution in [2.75, 3.05) is 0 Å². The van der Waals surface area contributed by atoms with Crippen LogP contribution in [0.25, 0.3) is 0 Å². The molecule has 120 valence electrons. The highest BCUT2D eigenvalue weighted by Gasteiger charge is 2.41. The zero-order valence-corrected chi connectivity index (χ0v) is 13.3. The van der Waals surface area contributed by atoms with Gasteiger partial charge in [-0.05, 0) is 31.3 Å². The van der Waals surface area contributed by atoms with Gasteiger partial charge in [-0.25, -0.2) is 4.79 Å². The van der Waals surface area contributed by atoms with Crippen LogP contribution < -0.4 is 0 Å². The van der Waals surface area contributed by atoms with Gasteiger partial charge in [0.2, 0.25) is 0 Å². The minimum Gasteiger partial charge on any atom is -0.458 e. The summed E-state index contributed by atoms with van der Waals surface area (Å²) in [6, 6.07) is 0. The normalized spacial score (nSPS) is 29.0. The summed E-state index contributed by atoms with van der Waals surface area (Å²) in [6.07, 6.45) is 2.71. The SMILES string of the molecule is C=C1C(=O)O[C@@H]2C[C@H](C)C([C@H](CC(C)=O)OC(C)=O)=CC[C@H]12. The first kappa shape index (κ1) is 16.5. The van der Waals surface area contributed by atoms with E-state index in [4.69, 9.17) is 9.47 Å². The lowest BCUT2D eigenvalue weighted by Gasteiger charge is -2.24. The number of esters is 2. The van der Waals surface area contributed by atoms with Crippen LogP contribution in [0.3, 0.4) is 0 Å².